The van der Waals surface area contributed by atoms with Crippen molar-refractivity contribution in [3.05, 3.63) is 0 Å². The lowest BCUT2D eigenvalue weighted by atomic mass is 9.94. The number of nitrogens with zero attached hydrogens (tertiary/aromatic N) is 2. The van der Waals surface area contributed by atoms with Crippen molar-refractivity contribution in [3.8, 4) is 0 Å². The summed E-state index contributed by atoms with van der Waals surface area (Å²) in [7, 11) is 2.18. The third kappa shape index (κ3) is 6.69. The lowest BCUT2D eigenvalue weighted by molar-refractivity contribution is 0.0378. The van der Waals surface area contributed by atoms with E-state index in [2.05, 4.69) is 36.0 Å². The Hall–Kier alpha value is -0.160. The summed E-state index contributed by atoms with van der Waals surface area (Å²) in [6.45, 7) is 13.7. The zero-order valence-electron chi connectivity index (χ0n) is 12.6. The number of rotatable bonds is 7. The normalized spacial score (nSPS) is 22.3. The van der Waals surface area contributed by atoms with E-state index in [1.165, 1.54) is 26.2 Å². The summed E-state index contributed by atoms with van der Waals surface area (Å²) in [4.78, 5) is 4.86. The van der Waals surface area contributed by atoms with Gasteiger partial charge in [-0.15, -0.1) is 0 Å². The highest BCUT2D eigenvalue weighted by atomic mass is 16.3. The van der Waals surface area contributed by atoms with Gasteiger partial charge in [0.05, 0.1) is 5.60 Å². The molecule has 108 valence electrons. The highest BCUT2D eigenvalue weighted by Gasteiger charge is 2.21. The maximum atomic E-state index is 10.2. The minimum absolute atomic E-state index is 0.541. The summed E-state index contributed by atoms with van der Waals surface area (Å²) in [5.74, 6) is 0.541. The highest BCUT2D eigenvalue weighted by molar-refractivity contribution is 4.77. The Balaban J connectivity index is 2.07. The molecule has 1 heterocycles. The summed E-state index contributed by atoms with van der Waals surface area (Å²) >= 11 is 0. The van der Waals surface area contributed by atoms with Gasteiger partial charge >= 0.3 is 0 Å². The monoisotopic (exact) mass is 257 g/mol. The van der Waals surface area contributed by atoms with Crippen molar-refractivity contribution in [3.63, 3.8) is 0 Å². The number of aliphatic hydroxyl groups is 1. The van der Waals surface area contributed by atoms with Gasteiger partial charge in [-0.05, 0) is 26.3 Å². The fraction of sp³-hybridized carbons (Fsp3) is 1.00. The number of hydrogen-bond donors (Lipinski definition) is 2. The predicted molar refractivity (Wildman–Crippen MR) is 76.9 cm³/mol. The molecule has 1 saturated heterocycles. The van der Waals surface area contributed by atoms with E-state index >= 15 is 0 Å². The molecule has 4 nitrogen and oxygen atoms in total. The van der Waals surface area contributed by atoms with Crippen molar-refractivity contribution in [2.24, 2.45) is 5.92 Å². The van der Waals surface area contributed by atoms with Crippen LogP contribution < -0.4 is 5.32 Å². The summed E-state index contributed by atoms with van der Waals surface area (Å²) in [5.41, 5.74) is -0.573. The van der Waals surface area contributed by atoms with E-state index in [1.807, 2.05) is 6.92 Å². The van der Waals surface area contributed by atoms with Crippen LogP contribution in [0.15, 0.2) is 0 Å². The molecule has 0 bridgehead atoms. The van der Waals surface area contributed by atoms with E-state index in [0.717, 1.165) is 19.5 Å². The molecule has 0 spiro atoms. The summed E-state index contributed by atoms with van der Waals surface area (Å²) in [6.07, 6.45) is 0.856. The lowest BCUT2D eigenvalue weighted by Gasteiger charge is -2.32. The number of piperazine rings is 1. The third-order valence-electron chi connectivity index (χ3n) is 3.55. The molecule has 18 heavy (non-hydrogen) atoms. The van der Waals surface area contributed by atoms with Gasteiger partial charge in [0.2, 0.25) is 0 Å². The van der Waals surface area contributed by atoms with Gasteiger partial charge in [-0.3, -0.25) is 4.90 Å². The van der Waals surface area contributed by atoms with Crippen molar-refractivity contribution < 1.29 is 5.11 Å². The van der Waals surface area contributed by atoms with Gasteiger partial charge in [0.1, 0.15) is 0 Å². The molecule has 0 aromatic heterocycles. The summed E-state index contributed by atoms with van der Waals surface area (Å²) in [5, 5.41) is 13.6. The minimum Gasteiger partial charge on any atom is -0.389 e. The van der Waals surface area contributed by atoms with Crippen LogP contribution in [0.3, 0.4) is 0 Å². The van der Waals surface area contributed by atoms with Crippen LogP contribution in [0.5, 0.6) is 0 Å². The summed E-state index contributed by atoms with van der Waals surface area (Å²) in [6, 6.07) is 0. The minimum atomic E-state index is -0.573. The van der Waals surface area contributed by atoms with E-state index in [1.54, 1.807) is 0 Å². The molecule has 1 aliphatic rings. The molecule has 0 amide bonds. The molecule has 2 N–H and O–H groups in total. The maximum Gasteiger partial charge on any atom is 0.0746 e. The smallest absolute Gasteiger partial charge is 0.0746 e. The first-order chi connectivity index (χ1) is 8.39. The quantitative estimate of drug-likeness (QED) is 0.656. The fourth-order valence-electron chi connectivity index (χ4n) is 2.62. The Kier molecular flexibility index (Phi) is 6.57. The Labute approximate surface area is 112 Å². The average molecular weight is 257 g/mol. The van der Waals surface area contributed by atoms with Crippen LogP contribution in [0, 0.1) is 5.92 Å². The maximum absolute atomic E-state index is 10.2. The lowest BCUT2D eigenvalue weighted by Crippen LogP contribution is -2.47. The Morgan fingerprint density at radius 3 is 2.39 bits per heavy atom. The summed E-state index contributed by atoms with van der Waals surface area (Å²) < 4.78 is 0. The highest BCUT2D eigenvalue weighted by Crippen LogP contribution is 2.14. The molecule has 0 radical (unpaired) electrons. The first-order valence-corrected chi connectivity index (χ1v) is 7.23. The molecule has 1 fully saturated rings. The van der Waals surface area contributed by atoms with E-state index in [9.17, 15) is 5.11 Å². The molecule has 1 aliphatic heterocycles. The van der Waals surface area contributed by atoms with Gasteiger partial charge in [0.15, 0.2) is 0 Å². The second-order valence-corrected chi connectivity index (χ2v) is 6.42. The van der Waals surface area contributed by atoms with Gasteiger partial charge in [-0.1, -0.05) is 13.8 Å². The van der Waals surface area contributed by atoms with Crippen molar-refractivity contribution in [2.75, 3.05) is 52.9 Å². The van der Waals surface area contributed by atoms with E-state index < -0.39 is 5.60 Å². The van der Waals surface area contributed by atoms with E-state index in [4.69, 9.17) is 0 Å². The van der Waals surface area contributed by atoms with Gasteiger partial charge in [-0.2, -0.15) is 0 Å². The van der Waals surface area contributed by atoms with E-state index in [0.29, 0.717) is 12.5 Å². The predicted octanol–water partition coefficient (Wildman–Crippen LogP) is 0.621. The first-order valence-electron chi connectivity index (χ1n) is 7.23. The molecule has 4 heteroatoms. The molecule has 1 atom stereocenters. The number of hydrogen-bond acceptors (Lipinski definition) is 4. The van der Waals surface area contributed by atoms with Gasteiger partial charge in [0, 0.05) is 45.8 Å². The number of likely N-dealkylation sites (N-methyl/N-ethyl adjacent to an activating group) is 1. The van der Waals surface area contributed by atoms with Crippen LogP contribution in [0.2, 0.25) is 0 Å². The zero-order chi connectivity index (χ0) is 13.6. The van der Waals surface area contributed by atoms with Crippen LogP contribution in [0.25, 0.3) is 0 Å². The molecular weight excluding hydrogens is 226 g/mol. The number of nitrogens with one attached hydrogen (secondary N) is 1. The zero-order valence-corrected chi connectivity index (χ0v) is 12.6. The molecule has 0 aliphatic carbocycles. The van der Waals surface area contributed by atoms with Crippen LogP contribution in [0.1, 0.15) is 27.2 Å². The molecular formula is C14H31N3O. The van der Waals surface area contributed by atoms with Gasteiger partial charge < -0.3 is 15.3 Å². The molecule has 0 saturated carbocycles. The first kappa shape index (κ1) is 15.9. The molecule has 0 aromatic rings. The SMILES string of the molecule is CC(C)CC(C)(O)CNCCN1CCN(C)CC1. The van der Waals surface area contributed by atoms with Crippen molar-refractivity contribution >= 4 is 0 Å². The van der Waals surface area contributed by atoms with Gasteiger partial charge in [0.25, 0.3) is 0 Å². The largest absolute Gasteiger partial charge is 0.389 e. The van der Waals surface area contributed by atoms with Crippen molar-refractivity contribution in [1.29, 1.82) is 0 Å². The fourth-order valence-corrected chi connectivity index (χ4v) is 2.62. The van der Waals surface area contributed by atoms with Crippen molar-refractivity contribution in [2.45, 2.75) is 32.8 Å². The molecule has 0 aromatic carbocycles. The van der Waals surface area contributed by atoms with Crippen LogP contribution in [-0.4, -0.2) is 73.4 Å². The Morgan fingerprint density at radius 1 is 1.22 bits per heavy atom. The third-order valence-corrected chi connectivity index (χ3v) is 3.55. The van der Waals surface area contributed by atoms with Crippen LogP contribution in [-0.2, 0) is 0 Å². The topological polar surface area (TPSA) is 38.7 Å². The van der Waals surface area contributed by atoms with Gasteiger partial charge in [-0.25, -0.2) is 0 Å². The molecule has 1 unspecified atom stereocenters. The van der Waals surface area contributed by atoms with Crippen molar-refractivity contribution in [1.82, 2.24) is 15.1 Å². The van der Waals surface area contributed by atoms with Crippen LogP contribution >= 0.6 is 0 Å². The second kappa shape index (κ2) is 7.43. The molecule has 1 rings (SSSR count). The Morgan fingerprint density at radius 2 is 1.83 bits per heavy atom. The van der Waals surface area contributed by atoms with E-state index in [-0.39, 0.29) is 0 Å². The Bertz CT molecular complexity index is 223. The van der Waals surface area contributed by atoms with Crippen LogP contribution in [0.4, 0.5) is 0 Å². The second-order valence-electron chi connectivity index (χ2n) is 6.42. The average Bonchev–Trinajstić information content (AvgIpc) is 2.25. The standard InChI is InChI=1S/C14H31N3O/c1-13(2)11-14(3,18)12-15-5-6-17-9-7-16(4)8-10-17/h13,15,18H,5-12H2,1-4H3.